The molecule has 64 heavy (non-hydrogen) atoms. The minimum absolute atomic E-state index is 0. The second-order valence-corrected chi connectivity index (χ2v) is 13.3. The van der Waals surface area contributed by atoms with Crippen LogP contribution in [0.2, 0.25) is 0 Å². The van der Waals surface area contributed by atoms with Crippen molar-refractivity contribution in [3.63, 3.8) is 0 Å². The fraction of sp³-hybridized carbons (Fsp3) is 0.778. The molecule has 5 N–H and O–H groups in total. The average molecular weight is 1770 g/mol. The number of unbranched alkanes of at least 4 members (excludes halogenated alkanes) is 2. The van der Waals surface area contributed by atoms with Gasteiger partial charge in [-0.1, -0.05) is 54.4 Å². The Balaban J connectivity index is -0.0000000441. The second-order valence-electron chi connectivity index (χ2n) is 13.3. The molecule has 0 aliphatic rings. The number of ketones is 3. The Morgan fingerprint density at radius 1 is 0.516 bits per heavy atom. The Morgan fingerprint density at radius 2 is 0.781 bits per heavy atom. The molecule has 0 aliphatic heterocycles. The molecule has 0 rings (SSSR count). The monoisotopic (exact) mass is 1770 g/mol. The Morgan fingerprint density at radius 3 is 0.938 bits per heavy atom. The van der Waals surface area contributed by atoms with Gasteiger partial charge < -0.3 is 70.2 Å². The molecule has 0 aromatic heterocycles. The number of ether oxygens (including phenoxy) is 1. The number of aliphatic hydroxyl groups is 2. The van der Waals surface area contributed by atoms with Crippen molar-refractivity contribution in [2.45, 2.75) is 155 Å². The van der Waals surface area contributed by atoms with Gasteiger partial charge in [0.25, 0.3) is 0 Å². The van der Waals surface area contributed by atoms with E-state index in [4.69, 9.17) is 21.1 Å². The zero-order valence-corrected chi connectivity index (χ0v) is 57.7. The Hall–Kier alpha value is 1.11. The summed E-state index contributed by atoms with van der Waals surface area (Å²) in [5.74, 6) is -0.382. The number of carboxylic acid groups (broad SMARTS) is 1. The van der Waals surface area contributed by atoms with E-state index in [2.05, 4.69) is 53.2 Å². The third-order valence-electron chi connectivity index (χ3n) is 7.95. The number of hydrogen-bond donors (Lipinski definition) is 4. The van der Waals surface area contributed by atoms with Crippen LogP contribution in [0.5, 0.6) is 0 Å². The molecular formula is C45H96N5O9W5-5. The first-order chi connectivity index (χ1) is 27.7. The molecule has 390 valence electrons. The van der Waals surface area contributed by atoms with Crippen LogP contribution in [0.15, 0.2) is 0 Å². The van der Waals surface area contributed by atoms with Gasteiger partial charge >= 0.3 is 11.9 Å². The number of likely N-dealkylation sites (N-methyl/N-ethyl adjacent to an activating group) is 4. The number of nitrogens with zero attached hydrogens (tertiary/aromatic N) is 4. The average Bonchev–Trinajstić information content (AvgIpc) is 3.21. The van der Waals surface area contributed by atoms with Crippen molar-refractivity contribution >= 4 is 29.3 Å². The maximum atomic E-state index is 11.5. The SMILES string of the molecule is CC.CC.CO.[CH2-]C[C@@H](C(=O)CCCC)N(C)C.[CH2-]C[C@@H](C(=O)CCCO)N(C)C.[CH2-]C[C@@H](C(=O)O)N(C)C.[CH2-]C[C@@H](C(=O)OC)N(C)C.[CH2-]C[C@H](N)C(=O)CCCC.[W].[W].[W].[W].[W]. The number of carbonyl (C=O) groups excluding carboxylic acids is 4. The standard InChI is InChI=1S/C10H20NO.C9H18NO2.C8H16NO.C7H14NO2.C6H12NO2.2C2H6.CH4O.5W/c1-5-7-8-10(12)9(6-2)11(3)4;1-4-8(10(2)3)9(12)6-5-7-11;1-3-5-6-8(10)7(9)4-2;1-5-6(8(2)3)7(9)10-4;1-4-5(6(8)9)7(2)3;3*1-2;;;;;/h9H,2,5-8H2,1,3-4H3;8,11H,1,4-7H2,2-3H3;7H,2-6,9H2,1H3;6H,1,5H2,2-4H3;5H,1,4H2,2-3H3,(H,8,9);2*1-2H3;2H,1H3;;;;;/q5*-1;;;;;;;;/t9-;8-;7-;6-;5-;;;;;;;;/m00000......../s1. The number of methoxy groups -OCH3 is 1. The summed E-state index contributed by atoms with van der Waals surface area (Å²) in [7, 11) is 17.1. The van der Waals surface area contributed by atoms with Crippen LogP contribution in [-0.2, 0) is 134 Å². The fourth-order valence-electron chi connectivity index (χ4n) is 4.37. The van der Waals surface area contributed by atoms with Gasteiger partial charge in [0, 0.05) is 156 Å². The summed E-state index contributed by atoms with van der Waals surface area (Å²) in [6.07, 6.45) is 9.16. The molecule has 0 aromatic carbocycles. The van der Waals surface area contributed by atoms with Gasteiger partial charge in [0.15, 0.2) is 0 Å². The molecule has 19 heteroatoms. The number of hydrogen-bond acceptors (Lipinski definition) is 13. The van der Waals surface area contributed by atoms with Crippen LogP contribution >= 0.6 is 0 Å². The number of Topliss-reactive ketones (excluding diaryl/α,β-unsaturated/α-hetero) is 3. The predicted octanol–water partition coefficient (Wildman–Crippen LogP) is 5.87. The van der Waals surface area contributed by atoms with Crippen molar-refractivity contribution in [3.8, 4) is 0 Å². The molecule has 0 fully saturated rings. The zero-order valence-electron chi connectivity index (χ0n) is 43.0. The summed E-state index contributed by atoms with van der Waals surface area (Å²) in [6.45, 7) is 30.4. The van der Waals surface area contributed by atoms with E-state index in [-0.39, 0.29) is 154 Å². The van der Waals surface area contributed by atoms with Gasteiger partial charge in [-0.15, -0.1) is 0 Å². The quantitative estimate of drug-likeness (QED) is 0.0702. The summed E-state index contributed by atoms with van der Waals surface area (Å²) in [4.78, 5) is 62.3. The third-order valence-corrected chi connectivity index (χ3v) is 7.95. The van der Waals surface area contributed by atoms with E-state index in [9.17, 15) is 24.0 Å². The summed E-state index contributed by atoms with van der Waals surface area (Å²) < 4.78 is 4.54. The number of nitrogens with two attached hydrogens (primary N) is 1. The van der Waals surface area contributed by atoms with Crippen molar-refractivity contribution < 1.29 is 149 Å². The minimum Gasteiger partial charge on any atom is -0.480 e. The topological polar surface area (TPSA) is 194 Å². The Kier molecular flexibility index (Phi) is 116. The molecule has 0 saturated heterocycles. The molecule has 5 atom stereocenters. The van der Waals surface area contributed by atoms with Crippen LogP contribution in [0.3, 0.4) is 0 Å². The van der Waals surface area contributed by atoms with Gasteiger partial charge in [0.05, 0.1) is 19.2 Å². The first kappa shape index (κ1) is 98.6. The number of esters is 1. The molecule has 0 spiro atoms. The number of aliphatic carboxylic acids is 1. The van der Waals surface area contributed by atoms with Gasteiger partial charge in [0.1, 0.15) is 17.3 Å². The first-order valence-corrected chi connectivity index (χ1v) is 21.0. The van der Waals surface area contributed by atoms with Crippen molar-refractivity contribution in [3.05, 3.63) is 34.6 Å². The van der Waals surface area contributed by atoms with E-state index in [0.29, 0.717) is 63.6 Å². The number of aliphatic hydroxyl groups excluding tert-OH is 2. The van der Waals surface area contributed by atoms with E-state index >= 15 is 0 Å². The van der Waals surface area contributed by atoms with Crippen molar-refractivity contribution in [1.82, 2.24) is 19.6 Å². The van der Waals surface area contributed by atoms with Gasteiger partial charge in [-0.3, -0.25) is 33.8 Å². The maximum absolute atomic E-state index is 11.5. The predicted molar refractivity (Wildman–Crippen MR) is 249 cm³/mol. The van der Waals surface area contributed by atoms with Gasteiger partial charge in [-0.05, 0) is 75.6 Å². The molecule has 0 heterocycles. The van der Waals surface area contributed by atoms with Gasteiger partial charge in [0.2, 0.25) is 0 Å². The smallest absolute Gasteiger partial charge is 0.320 e. The third kappa shape index (κ3) is 65.2. The van der Waals surface area contributed by atoms with Crippen LogP contribution in [-0.4, -0.2) is 172 Å². The normalized spacial score (nSPS) is 11.4. The largest absolute Gasteiger partial charge is 0.480 e. The maximum Gasteiger partial charge on any atom is 0.320 e. The number of rotatable bonds is 23. The van der Waals surface area contributed by atoms with Crippen LogP contribution in [0.1, 0.15) is 125 Å². The summed E-state index contributed by atoms with van der Waals surface area (Å²) >= 11 is 0. The van der Waals surface area contributed by atoms with Crippen LogP contribution in [0.4, 0.5) is 0 Å². The number of carbonyl (C=O) groups is 5. The van der Waals surface area contributed by atoms with E-state index in [1.54, 1.807) is 23.9 Å². The van der Waals surface area contributed by atoms with Crippen molar-refractivity contribution in [1.29, 1.82) is 0 Å². The van der Waals surface area contributed by atoms with Crippen molar-refractivity contribution in [2.75, 3.05) is 77.2 Å². The molecule has 0 saturated carbocycles. The molecule has 0 aliphatic carbocycles. The Bertz CT molecular complexity index is 914. The van der Waals surface area contributed by atoms with Crippen LogP contribution < -0.4 is 5.73 Å². The molecule has 0 aromatic rings. The fourth-order valence-corrected chi connectivity index (χ4v) is 4.37. The van der Waals surface area contributed by atoms with E-state index in [1.807, 2.05) is 79.8 Å². The number of carboxylic acids is 1. The minimum atomic E-state index is -0.810. The molecule has 0 radical (unpaired) electrons. The second kappa shape index (κ2) is 75.6. The first-order valence-electron chi connectivity index (χ1n) is 21.0. The molecule has 0 bridgehead atoms. The zero-order chi connectivity index (χ0) is 48.7. The molecule has 0 amide bonds. The van der Waals surface area contributed by atoms with Gasteiger partial charge in [-0.25, -0.2) is 0 Å². The van der Waals surface area contributed by atoms with E-state index < -0.39 is 12.0 Å². The van der Waals surface area contributed by atoms with Gasteiger partial charge in [-0.2, -0.15) is 32.1 Å². The summed E-state index contributed by atoms with van der Waals surface area (Å²) in [5.41, 5.74) is 5.45. The van der Waals surface area contributed by atoms with Crippen molar-refractivity contribution in [2.24, 2.45) is 5.73 Å². The molecule has 0 unspecified atom stereocenters. The van der Waals surface area contributed by atoms with E-state index in [0.717, 1.165) is 32.8 Å². The van der Waals surface area contributed by atoms with E-state index in [1.165, 1.54) is 7.11 Å². The molecule has 14 nitrogen and oxygen atoms in total. The van der Waals surface area contributed by atoms with Crippen LogP contribution in [0, 0.1) is 34.6 Å². The molecular weight excluding hydrogens is 1670 g/mol. The summed E-state index contributed by atoms with van der Waals surface area (Å²) in [6, 6.07) is -1.03. The van der Waals surface area contributed by atoms with Crippen LogP contribution in [0.25, 0.3) is 0 Å². The summed E-state index contributed by atoms with van der Waals surface area (Å²) in [5, 5.41) is 24.0. The Labute approximate surface area is 466 Å².